The van der Waals surface area contributed by atoms with Crippen molar-refractivity contribution in [2.45, 2.75) is 38.8 Å². The standard InChI is InChI=1S/C16H23ClN2/c1-13-11-16(18-9-5-2-6-10-18)19(12-13)15-8-4-3-7-14(15)17/h3-4,7-8,13,16H,2,5-6,9-12H2,1H3. The van der Waals surface area contributed by atoms with Crippen molar-refractivity contribution in [3.05, 3.63) is 29.3 Å². The minimum atomic E-state index is 0.551. The second-order valence-electron chi connectivity index (χ2n) is 6.02. The van der Waals surface area contributed by atoms with Crippen molar-refractivity contribution in [1.29, 1.82) is 0 Å². The highest BCUT2D eigenvalue weighted by Gasteiger charge is 2.35. The molecule has 2 atom stereocenters. The van der Waals surface area contributed by atoms with Crippen LogP contribution < -0.4 is 4.90 Å². The number of rotatable bonds is 2. The van der Waals surface area contributed by atoms with Crippen molar-refractivity contribution in [3.63, 3.8) is 0 Å². The molecule has 0 spiro atoms. The summed E-state index contributed by atoms with van der Waals surface area (Å²) in [7, 11) is 0. The summed E-state index contributed by atoms with van der Waals surface area (Å²) in [6, 6.07) is 8.28. The topological polar surface area (TPSA) is 6.48 Å². The van der Waals surface area contributed by atoms with Gasteiger partial charge in [0.15, 0.2) is 0 Å². The van der Waals surface area contributed by atoms with E-state index < -0.39 is 0 Å². The monoisotopic (exact) mass is 278 g/mol. The van der Waals surface area contributed by atoms with Crippen LogP contribution in [0.25, 0.3) is 0 Å². The van der Waals surface area contributed by atoms with Crippen LogP contribution in [0.3, 0.4) is 0 Å². The lowest BCUT2D eigenvalue weighted by atomic mass is 10.1. The lowest BCUT2D eigenvalue weighted by Gasteiger charge is -2.38. The molecule has 0 bridgehead atoms. The number of halogens is 1. The summed E-state index contributed by atoms with van der Waals surface area (Å²) in [5.41, 5.74) is 1.21. The Kier molecular flexibility index (Phi) is 3.99. The number of benzene rings is 1. The van der Waals surface area contributed by atoms with E-state index in [0.29, 0.717) is 6.17 Å². The van der Waals surface area contributed by atoms with Crippen LogP contribution in [0.5, 0.6) is 0 Å². The number of anilines is 1. The number of piperidine rings is 1. The molecule has 2 heterocycles. The van der Waals surface area contributed by atoms with Gasteiger partial charge in [-0.1, -0.05) is 37.1 Å². The third-order valence-corrected chi connectivity index (χ3v) is 4.77. The molecule has 3 rings (SSSR count). The van der Waals surface area contributed by atoms with Gasteiger partial charge in [0.1, 0.15) is 0 Å². The molecule has 2 aliphatic heterocycles. The molecule has 2 saturated heterocycles. The maximum atomic E-state index is 6.40. The largest absolute Gasteiger partial charge is 0.354 e. The minimum Gasteiger partial charge on any atom is -0.354 e. The van der Waals surface area contributed by atoms with E-state index in [2.05, 4.69) is 28.9 Å². The highest BCUT2D eigenvalue weighted by Crippen LogP contribution is 2.35. The van der Waals surface area contributed by atoms with Crippen molar-refractivity contribution in [1.82, 2.24) is 4.90 Å². The van der Waals surface area contributed by atoms with Crippen LogP contribution in [0.2, 0.25) is 5.02 Å². The van der Waals surface area contributed by atoms with E-state index in [4.69, 9.17) is 11.6 Å². The zero-order chi connectivity index (χ0) is 13.2. The molecule has 2 aliphatic rings. The summed E-state index contributed by atoms with van der Waals surface area (Å²) >= 11 is 6.40. The zero-order valence-corrected chi connectivity index (χ0v) is 12.4. The summed E-state index contributed by atoms with van der Waals surface area (Å²) in [4.78, 5) is 5.19. The van der Waals surface area contributed by atoms with Gasteiger partial charge >= 0.3 is 0 Å². The Hall–Kier alpha value is -0.730. The quantitative estimate of drug-likeness (QED) is 0.807. The summed E-state index contributed by atoms with van der Waals surface area (Å²) in [6.45, 7) is 5.98. The second-order valence-corrected chi connectivity index (χ2v) is 6.43. The average Bonchev–Trinajstić information content (AvgIpc) is 2.82. The molecule has 2 nitrogen and oxygen atoms in total. The van der Waals surface area contributed by atoms with Gasteiger partial charge in [-0.25, -0.2) is 0 Å². The van der Waals surface area contributed by atoms with Crippen LogP contribution in [0.4, 0.5) is 5.69 Å². The molecule has 19 heavy (non-hydrogen) atoms. The predicted molar refractivity (Wildman–Crippen MR) is 81.8 cm³/mol. The van der Waals surface area contributed by atoms with Gasteiger partial charge in [0, 0.05) is 19.6 Å². The molecule has 0 radical (unpaired) electrons. The van der Waals surface area contributed by atoms with E-state index in [-0.39, 0.29) is 0 Å². The number of hydrogen-bond acceptors (Lipinski definition) is 2. The molecule has 2 unspecified atom stereocenters. The summed E-state index contributed by atoms with van der Waals surface area (Å²) in [5, 5.41) is 0.888. The lowest BCUT2D eigenvalue weighted by molar-refractivity contribution is 0.164. The summed E-state index contributed by atoms with van der Waals surface area (Å²) in [6.07, 6.45) is 5.91. The van der Waals surface area contributed by atoms with Crippen LogP contribution in [-0.2, 0) is 0 Å². The smallest absolute Gasteiger partial charge is 0.0824 e. The Labute approximate surface area is 121 Å². The molecule has 0 aromatic heterocycles. The van der Waals surface area contributed by atoms with E-state index in [1.54, 1.807) is 0 Å². The van der Waals surface area contributed by atoms with Crippen molar-refractivity contribution < 1.29 is 0 Å². The Morgan fingerprint density at radius 2 is 1.84 bits per heavy atom. The molecule has 3 heteroatoms. The third-order valence-electron chi connectivity index (χ3n) is 4.46. The molecule has 1 aromatic carbocycles. The molecule has 2 fully saturated rings. The van der Waals surface area contributed by atoms with Gasteiger partial charge in [-0.05, 0) is 37.3 Å². The molecule has 104 valence electrons. The van der Waals surface area contributed by atoms with Gasteiger partial charge in [-0.15, -0.1) is 0 Å². The average molecular weight is 279 g/mol. The molecular formula is C16H23ClN2. The summed E-state index contributed by atoms with van der Waals surface area (Å²) in [5.74, 6) is 0.753. The number of hydrogen-bond donors (Lipinski definition) is 0. The van der Waals surface area contributed by atoms with Crippen LogP contribution >= 0.6 is 11.6 Å². The molecule has 0 aliphatic carbocycles. The SMILES string of the molecule is CC1CC(N2CCCCC2)N(c2ccccc2Cl)C1. The Balaban J connectivity index is 1.84. The third kappa shape index (κ3) is 2.75. The van der Waals surface area contributed by atoms with E-state index in [1.807, 2.05) is 12.1 Å². The second kappa shape index (κ2) is 5.72. The highest BCUT2D eigenvalue weighted by atomic mass is 35.5. The van der Waals surface area contributed by atoms with Crippen LogP contribution in [-0.4, -0.2) is 30.7 Å². The maximum Gasteiger partial charge on any atom is 0.0824 e. The van der Waals surface area contributed by atoms with Gasteiger partial charge < -0.3 is 4.90 Å². The first-order chi connectivity index (χ1) is 9.25. The van der Waals surface area contributed by atoms with Crippen LogP contribution in [0.15, 0.2) is 24.3 Å². The Morgan fingerprint density at radius 1 is 1.11 bits per heavy atom. The zero-order valence-electron chi connectivity index (χ0n) is 11.7. The van der Waals surface area contributed by atoms with Gasteiger partial charge in [0.25, 0.3) is 0 Å². The first-order valence-electron chi connectivity index (χ1n) is 7.51. The number of nitrogens with zero attached hydrogens (tertiary/aromatic N) is 2. The maximum absolute atomic E-state index is 6.40. The first-order valence-corrected chi connectivity index (χ1v) is 7.89. The molecule has 1 aromatic rings. The molecule has 0 saturated carbocycles. The van der Waals surface area contributed by atoms with Crippen molar-refractivity contribution in [2.75, 3.05) is 24.5 Å². The van der Waals surface area contributed by atoms with Gasteiger partial charge in [0.2, 0.25) is 0 Å². The van der Waals surface area contributed by atoms with E-state index in [0.717, 1.165) is 17.5 Å². The Bertz CT molecular complexity index is 429. The fraction of sp³-hybridized carbons (Fsp3) is 0.625. The Morgan fingerprint density at radius 3 is 2.58 bits per heavy atom. The fourth-order valence-electron chi connectivity index (χ4n) is 3.53. The fourth-order valence-corrected chi connectivity index (χ4v) is 3.77. The van der Waals surface area contributed by atoms with E-state index in [1.165, 1.54) is 44.5 Å². The molecule has 0 amide bonds. The van der Waals surface area contributed by atoms with Crippen molar-refractivity contribution in [2.24, 2.45) is 5.92 Å². The van der Waals surface area contributed by atoms with Gasteiger partial charge in [0.05, 0.1) is 16.9 Å². The van der Waals surface area contributed by atoms with Crippen LogP contribution in [0.1, 0.15) is 32.6 Å². The predicted octanol–water partition coefficient (Wildman–Crippen LogP) is 4.00. The molecular weight excluding hydrogens is 256 g/mol. The molecule has 0 N–H and O–H groups in total. The van der Waals surface area contributed by atoms with E-state index in [9.17, 15) is 0 Å². The van der Waals surface area contributed by atoms with Gasteiger partial charge in [-0.2, -0.15) is 0 Å². The van der Waals surface area contributed by atoms with Gasteiger partial charge in [-0.3, -0.25) is 4.90 Å². The van der Waals surface area contributed by atoms with Crippen LogP contribution in [0, 0.1) is 5.92 Å². The number of para-hydroxylation sites is 1. The summed E-state index contributed by atoms with van der Waals surface area (Å²) < 4.78 is 0. The van der Waals surface area contributed by atoms with E-state index >= 15 is 0 Å². The number of likely N-dealkylation sites (tertiary alicyclic amines) is 1. The van der Waals surface area contributed by atoms with Crippen molar-refractivity contribution >= 4 is 17.3 Å². The normalized spacial score (nSPS) is 28.8. The lowest BCUT2D eigenvalue weighted by Crippen LogP contribution is -2.47. The highest BCUT2D eigenvalue weighted by molar-refractivity contribution is 6.33. The van der Waals surface area contributed by atoms with Crippen molar-refractivity contribution in [3.8, 4) is 0 Å². The first kappa shape index (κ1) is 13.3. The minimum absolute atomic E-state index is 0.551.